The highest BCUT2D eigenvalue weighted by Crippen LogP contribution is 2.25. The molecule has 0 saturated carbocycles. The van der Waals surface area contributed by atoms with Gasteiger partial charge in [-0.1, -0.05) is 34.1 Å². The molecule has 1 unspecified atom stereocenters. The van der Waals surface area contributed by atoms with Crippen LogP contribution in [0.3, 0.4) is 0 Å². The Morgan fingerprint density at radius 3 is 2.28 bits per heavy atom. The molecule has 0 saturated heterocycles. The van der Waals surface area contributed by atoms with Gasteiger partial charge in [0.15, 0.2) is 0 Å². The van der Waals surface area contributed by atoms with Crippen LogP contribution in [0.25, 0.3) is 0 Å². The lowest BCUT2D eigenvalue weighted by Gasteiger charge is -2.13. The van der Waals surface area contributed by atoms with Gasteiger partial charge in [0.05, 0.1) is 0 Å². The zero-order chi connectivity index (χ0) is 20.9. The first-order chi connectivity index (χ1) is 13.8. The summed E-state index contributed by atoms with van der Waals surface area (Å²) >= 11 is 1.22. The predicted octanol–water partition coefficient (Wildman–Crippen LogP) is 4.38. The molecule has 0 bridgehead atoms. The fourth-order valence-electron chi connectivity index (χ4n) is 2.53. The molecule has 0 aliphatic rings. The zero-order valence-corrected chi connectivity index (χ0v) is 18.1. The van der Waals surface area contributed by atoms with Gasteiger partial charge in [0.25, 0.3) is 11.3 Å². The standard InChI is InChI=1S/C19H17BrN2O5S2/c20-15-6-11-19(29(25,26)27-18-4-2-1-3-5-18)14(12-15)13-21-16-7-9-17(10-8-16)22-28(23)24/h1-12,21-22H,13H2,(H,23,24). The molecule has 0 spiro atoms. The highest BCUT2D eigenvalue weighted by Gasteiger charge is 2.21. The van der Waals surface area contributed by atoms with Crippen LogP contribution in [-0.4, -0.2) is 17.2 Å². The summed E-state index contributed by atoms with van der Waals surface area (Å²) < 4.78 is 53.5. The third-order valence-electron chi connectivity index (χ3n) is 3.81. The first-order valence-corrected chi connectivity index (χ1v) is 11.6. The summed E-state index contributed by atoms with van der Waals surface area (Å²) in [7, 11) is -4.02. The molecule has 7 nitrogen and oxygen atoms in total. The van der Waals surface area contributed by atoms with Crippen LogP contribution in [0.2, 0.25) is 0 Å². The Morgan fingerprint density at radius 2 is 1.62 bits per heavy atom. The predicted molar refractivity (Wildman–Crippen MR) is 117 cm³/mol. The van der Waals surface area contributed by atoms with E-state index in [1.54, 1.807) is 66.7 Å². The van der Waals surface area contributed by atoms with Crippen molar-refractivity contribution >= 4 is 48.7 Å². The Hall–Kier alpha value is -2.40. The second-order valence-corrected chi connectivity index (χ2v) is 9.02. The van der Waals surface area contributed by atoms with Gasteiger partial charge in [0.2, 0.25) is 0 Å². The molecule has 3 aromatic carbocycles. The summed E-state index contributed by atoms with van der Waals surface area (Å²) in [6.45, 7) is 0.227. The van der Waals surface area contributed by atoms with Gasteiger partial charge < -0.3 is 9.50 Å². The molecule has 0 radical (unpaired) electrons. The molecule has 0 aliphatic carbocycles. The molecule has 3 N–H and O–H groups in total. The number of para-hydroxylation sites is 1. The fraction of sp³-hybridized carbons (Fsp3) is 0.0526. The second kappa shape index (κ2) is 9.40. The highest BCUT2D eigenvalue weighted by molar-refractivity contribution is 9.10. The Labute approximate surface area is 179 Å². The van der Waals surface area contributed by atoms with Crippen molar-refractivity contribution in [2.24, 2.45) is 0 Å². The van der Waals surface area contributed by atoms with Gasteiger partial charge in [-0.3, -0.25) is 9.27 Å². The largest absolute Gasteiger partial charge is 0.381 e. The van der Waals surface area contributed by atoms with E-state index in [1.165, 1.54) is 6.07 Å². The van der Waals surface area contributed by atoms with E-state index in [-0.39, 0.29) is 17.2 Å². The second-order valence-electron chi connectivity index (χ2n) is 5.88. The quantitative estimate of drug-likeness (QED) is 0.315. The molecule has 0 amide bonds. The van der Waals surface area contributed by atoms with Gasteiger partial charge in [-0.15, -0.1) is 0 Å². The maximum atomic E-state index is 12.8. The van der Waals surface area contributed by atoms with Crippen LogP contribution in [0.1, 0.15) is 5.56 Å². The Morgan fingerprint density at radius 1 is 0.966 bits per heavy atom. The molecule has 3 aromatic rings. The molecule has 1 atom stereocenters. The number of nitrogens with one attached hydrogen (secondary N) is 2. The number of hydrogen-bond acceptors (Lipinski definition) is 5. The molecule has 0 aromatic heterocycles. The van der Waals surface area contributed by atoms with Crippen molar-refractivity contribution in [3.05, 3.63) is 82.8 Å². The highest BCUT2D eigenvalue weighted by atomic mass is 79.9. The van der Waals surface area contributed by atoms with E-state index in [9.17, 15) is 12.6 Å². The summed E-state index contributed by atoms with van der Waals surface area (Å²) in [6.07, 6.45) is 0. The monoisotopic (exact) mass is 496 g/mol. The number of hydrogen-bond donors (Lipinski definition) is 3. The molecular weight excluding hydrogens is 480 g/mol. The zero-order valence-electron chi connectivity index (χ0n) is 14.9. The first kappa shape index (κ1) is 21.3. The Kier molecular flexibility index (Phi) is 6.91. The number of benzene rings is 3. The lowest BCUT2D eigenvalue weighted by atomic mass is 10.2. The molecule has 29 heavy (non-hydrogen) atoms. The van der Waals surface area contributed by atoms with E-state index in [4.69, 9.17) is 8.74 Å². The van der Waals surface area contributed by atoms with Crippen molar-refractivity contribution in [3.8, 4) is 5.75 Å². The average molecular weight is 497 g/mol. The van der Waals surface area contributed by atoms with Gasteiger partial charge >= 0.3 is 10.1 Å². The van der Waals surface area contributed by atoms with E-state index in [0.717, 1.165) is 4.47 Å². The van der Waals surface area contributed by atoms with E-state index < -0.39 is 21.4 Å². The SMILES string of the molecule is O=S(O)Nc1ccc(NCc2cc(Br)ccc2S(=O)(=O)Oc2ccccc2)cc1. The van der Waals surface area contributed by atoms with Gasteiger partial charge in [0, 0.05) is 22.4 Å². The minimum atomic E-state index is -4.02. The van der Waals surface area contributed by atoms with E-state index in [1.807, 2.05) is 0 Å². The molecule has 0 aliphatic heterocycles. The summed E-state index contributed by atoms with van der Waals surface area (Å²) in [4.78, 5) is 0.0611. The summed E-state index contributed by atoms with van der Waals surface area (Å²) in [5, 5.41) is 3.14. The van der Waals surface area contributed by atoms with Crippen LogP contribution in [0.4, 0.5) is 11.4 Å². The summed E-state index contributed by atoms with van der Waals surface area (Å²) in [5.74, 6) is 0.235. The van der Waals surface area contributed by atoms with Crippen LogP contribution < -0.4 is 14.2 Å². The maximum absolute atomic E-state index is 12.8. The minimum absolute atomic E-state index is 0.0611. The maximum Gasteiger partial charge on any atom is 0.339 e. The molecule has 3 rings (SSSR count). The van der Waals surface area contributed by atoms with Crippen molar-refractivity contribution in [3.63, 3.8) is 0 Å². The van der Waals surface area contributed by atoms with Gasteiger partial charge in [-0.2, -0.15) is 8.42 Å². The first-order valence-electron chi connectivity index (χ1n) is 8.33. The number of rotatable bonds is 8. The van der Waals surface area contributed by atoms with Crippen LogP contribution in [-0.2, 0) is 27.9 Å². The van der Waals surface area contributed by atoms with Crippen molar-refractivity contribution in [2.45, 2.75) is 11.4 Å². The van der Waals surface area contributed by atoms with Crippen molar-refractivity contribution in [1.29, 1.82) is 0 Å². The van der Waals surface area contributed by atoms with Gasteiger partial charge in [0.1, 0.15) is 10.6 Å². The normalized spacial score (nSPS) is 12.2. The lowest BCUT2D eigenvalue weighted by molar-refractivity contribution is 0.485. The van der Waals surface area contributed by atoms with Crippen molar-refractivity contribution in [1.82, 2.24) is 0 Å². The van der Waals surface area contributed by atoms with Crippen LogP contribution in [0.5, 0.6) is 5.75 Å². The fourth-order valence-corrected chi connectivity index (χ4v) is 4.42. The smallest absolute Gasteiger partial charge is 0.339 e. The summed E-state index contributed by atoms with van der Waals surface area (Å²) in [5.41, 5.74) is 1.72. The Balaban J connectivity index is 1.79. The molecule has 10 heteroatoms. The Bertz CT molecular complexity index is 1110. The van der Waals surface area contributed by atoms with Gasteiger partial charge in [-0.05, 0) is 60.2 Å². The minimum Gasteiger partial charge on any atom is -0.381 e. The van der Waals surface area contributed by atoms with Crippen molar-refractivity contribution < 1.29 is 21.4 Å². The van der Waals surface area contributed by atoms with Gasteiger partial charge in [-0.25, -0.2) is 4.21 Å². The lowest BCUT2D eigenvalue weighted by Crippen LogP contribution is -2.14. The van der Waals surface area contributed by atoms with Crippen LogP contribution in [0.15, 0.2) is 82.2 Å². The van der Waals surface area contributed by atoms with E-state index in [0.29, 0.717) is 16.9 Å². The third-order valence-corrected chi connectivity index (χ3v) is 6.07. The van der Waals surface area contributed by atoms with Crippen LogP contribution >= 0.6 is 15.9 Å². The topological polar surface area (TPSA) is 105 Å². The van der Waals surface area contributed by atoms with Crippen molar-refractivity contribution in [2.75, 3.05) is 10.0 Å². The van der Waals surface area contributed by atoms with Crippen LogP contribution in [0, 0.1) is 0 Å². The molecular formula is C19H17BrN2O5S2. The van der Waals surface area contributed by atoms with E-state index >= 15 is 0 Å². The molecule has 0 fully saturated rings. The van der Waals surface area contributed by atoms with E-state index in [2.05, 4.69) is 26.0 Å². The molecule has 0 heterocycles. The summed E-state index contributed by atoms with van der Waals surface area (Å²) in [6, 6.07) is 19.8. The third kappa shape index (κ3) is 6.04. The average Bonchev–Trinajstić information content (AvgIpc) is 2.67. The number of halogens is 1. The molecule has 152 valence electrons. The number of anilines is 2.